The number of rotatable bonds is 2. The van der Waals surface area contributed by atoms with Crippen molar-refractivity contribution < 1.29 is 9.52 Å². The van der Waals surface area contributed by atoms with Gasteiger partial charge in [0.15, 0.2) is 0 Å². The van der Waals surface area contributed by atoms with Crippen LogP contribution in [0, 0.1) is 0 Å². The number of phenols is 1. The van der Waals surface area contributed by atoms with Crippen molar-refractivity contribution >= 4 is 15.9 Å². The molecule has 0 amide bonds. The average Bonchev–Trinajstić information content (AvgIpc) is 2.92. The molecule has 0 saturated carbocycles. The quantitative estimate of drug-likeness (QED) is 0.715. The van der Waals surface area contributed by atoms with Gasteiger partial charge in [-0.2, -0.15) is 0 Å². The van der Waals surface area contributed by atoms with Crippen molar-refractivity contribution in [2.24, 2.45) is 0 Å². The molecule has 3 heteroatoms. The molecule has 3 rings (SSSR count). The summed E-state index contributed by atoms with van der Waals surface area (Å²) in [5, 5.41) is 10.0. The lowest BCUT2D eigenvalue weighted by atomic mass is 9.97. The van der Waals surface area contributed by atoms with Gasteiger partial charge in [-0.15, -0.1) is 0 Å². The molecule has 0 aliphatic heterocycles. The van der Waals surface area contributed by atoms with Gasteiger partial charge >= 0.3 is 0 Å². The minimum Gasteiger partial charge on any atom is -0.507 e. The van der Waals surface area contributed by atoms with Crippen LogP contribution in [0.5, 0.6) is 5.75 Å². The monoisotopic (exact) mass is 314 g/mol. The molecule has 0 aliphatic carbocycles. The SMILES string of the molecule is Oc1ccccc1-c1cccc(Br)c1-c1ccco1. The number of para-hydroxylation sites is 1. The van der Waals surface area contributed by atoms with E-state index in [2.05, 4.69) is 15.9 Å². The third-order valence-corrected chi connectivity index (χ3v) is 3.64. The molecular weight excluding hydrogens is 304 g/mol. The molecule has 0 spiro atoms. The van der Waals surface area contributed by atoms with Gasteiger partial charge in [-0.3, -0.25) is 0 Å². The summed E-state index contributed by atoms with van der Waals surface area (Å²) in [5.74, 6) is 1.03. The van der Waals surface area contributed by atoms with Crippen molar-refractivity contribution in [2.45, 2.75) is 0 Å². The van der Waals surface area contributed by atoms with Crippen molar-refractivity contribution in [1.82, 2.24) is 0 Å². The summed E-state index contributed by atoms with van der Waals surface area (Å²) >= 11 is 3.55. The predicted octanol–water partition coefficient (Wildman–Crippen LogP) is 5.08. The maximum absolute atomic E-state index is 10.0. The molecule has 0 radical (unpaired) electrons. The lowest BCUT2D eigenvalue weighted by Gasteiger charge is -2.11. The van der Waals surface area contributed by atoms with Crippen LogP contribution >= 0.6 is 15.9 Å². The average molecular weight is 315 g/mol. The maximum Gasteiger partial charge on any atom is 0.135 e. The molecule has 2 nitrogen and oxygen atoms in total. The van der Waals surface area contributed by atoms with Crippen molar-refractivity contribution in [3.8, 4) is 28.2 Å². The van der Waals surface area contributed by atoms with Gasteiger partial charge in [0, 0.05) is 15.6 Å². The molecule has 1 N–H and O–H groups in total. The van der Waals surface area contributed by atoms with E-state index < -0.39 is 0 Å². The van der Waals surface area contributed by atoms with Gasteiger partial charge in [0.25, 0.3) is 0 Å². The number of hydrogen-bond donors (Lipinski definition) is 1. The minimum absolute atomic E-state index is 0.258. The Morgan fingerprint density at radius 2 is 1.63 bits per heavy atom. The van der Waals surface area contributed by atoms with Crippen LogP contribution < -0.4 is 0 Å². The number of hydrogen-bond acceptors (Lipinski definition) is 2. The molecule has 1 heterocycles. The topological polar surface area (TPSA) is 33.4 Å². The summed E-state index contributed by atoms with van der Waals surface area (Å²) < 4.78 is 6.42. The van der Waals surface area contributed by atoms with Gasteiger partial charge in [0.1, 0.15) is 11.5 Å². The maximum atomic E-state index is 10.0. The Morgan fingerprint density at radius 3 is 2.37 bits per heavy atom. The molecule has 0 fully saturated rings. The molecule has 0 bridgehead atoms. The van der Waals surface area contributed by atoms with Crippen LogP contribution in [0.4, 0.5) is 0 Å². The molecule has 2 aromatic carbocycles. The van der Waals surface area contributed by atoms with Crippen LogP contribution in [-0.4, -0.2) is 5.11 Å². The first-order valence-electron chi connectivity index (χ1n) is 5.88. The summed E-state index contributed by atoms with van der Waals surface area (Å²) in [6, 6.07) is 16.9. The van der Waals surface area contributed by atoms with E-state index in [0.29, 0.717) is 0 Å². The van der Waals surface area contributed by atoms with Crippen molar-refractivity contribution in [1.29, 1.82) is 0 Å². The highest BCUT2D eigenvalue weighted by molar-refractivity contribution is 9.10. The standard InChI is InChI=1S/C16H11BrO2/c17-13-7-3-6-12(11-5-1-2-8-14(11)18)16(13)15-9-4-10-19-15/h1-10,18H. The van der Waals surface area contributed by atoms with Crippen LogP contribution in [0.1, 0.15) is 0 Å². The fraction of sp³-hybridized carbons (Fsp3) is 0. The second kappa shape index (κ2) is 4.94. The molecular formula is C16H11BrO2. The Kier molecular flexibility index (Phi) is 3.13. The second-order valence-corrected chi connectivity index (χ2v) is 5.01. The predicted molar refractivity (Wildman–Crippen MR) is 78.9 cm³/mol. The van der Waals surface area contributed by atoms with E-state index in [0.717, 1.165) is 26.9 Å². The third-order valence-electron chi connectivity index (χ3n) is 2.98. The van der Waals surface area contributed by atoms with Crippen molar-refractivity contribution in [3.05, 3.63) is 65.3 Å². The molecule has 0 aliphatic rings. The van der Waals surface area contributed by atoms with Crippen LogP contribution in [0.15, 0.2) is 69.8 Å². The van der Waals surface area contributed by atoms with Crippen molar-refractivity contribution in [3.63, 3.8) is 0 Å². The third kappa shape index (κ3) is 2.17. The van der Waals surface area contributed by atoms with E-state index in [4.69, 9.17) is 4.42 Å². The zero-order valence-corrected chi connectivity index (χ0v) is 11.6. The first-order valence-corrected chi connectivity index (χ1v) is 6.67. The molecule has 0 saturated heterocycles. The Hall–Kier alpha value is -2.00. The van der Waals surface area contributed by atoms with Gasteiger partial charge < -0.3 is 9.52 Å². The van der Waals surface area contributed by atoms with Crippen LogP contribution in [-0.2, 0) is 0 Å². The van der Waals surface area contributed by atoms with Crippen LogP contribution in [0.2, 0.25) is 0 Å². The first kappa shape index (κ1) is 12.1. The summed E-state index contributed by atoms with van der Waals surface area (Å²) in [6.07, 6.45) is 1.64. The van der Waals surface area contributed by atoms with Gasteiger partial charge in [-0.1, -0.05) is 46.3 Å². The Morgan fingerprint density at radius 1 is 0.842 bits per heavy atom. The lowest BCUT2D eigenvalue weighted by molar-refractivity contribution is 0.477. The summed E-state index contributed by atoms with van der Waals surface area (Å²) in [4.78, 5) is 0. The largest absolute Gasteiger partial charge is 0.507 e. The minimum atomic E-state index is 0.258. The lowest BCUT2D eigenvalue weighted by Crippen LogP contribution is -1.86. The van der Waals surface area contributed by atoms with Crippen LogP contribution in [0.3, 0.4) is 0 Å². The van der Waals surface area contributed by atoms with Crippen molar-refractivity contribution in [2.75, 3.05) is 0 Å². The fourth-order valence-corrected chi connectivity index (χ4v) is 2.68. The Balaban J connectivity index is 2.29. The second-order valence-electron chi connectivity index (χ2n) is 4.16. The Labute approximate surface area is 119 Å². The number of benzene rings is 2. The molecule has 94 valence electrons. The highest BCUT2D eigenvalue weighted by Gasteiger charge is 2.15. The number of aromatic hydroxyl groups is 1. The summed E-state index contributed by atoms with van der Waals surface area (Å²) in [5.41, 5.74) is 2.66. The molecule has 3 aromatic rings. The molecule has 0 unspecified atom stereocenters. The van der Waals surface area contributed by atoms with E-state index in [1.165, 1.54) is 0 Å². The van der Waals surface area contributed by atoms with Gasteiger partial charge in [-0.25, -0.2) is 0 Å². The molecule has 1 aromatic heterocycles. The highest BCUT2D eigenvalue weighted by atomic mass is 79.9. The summed E-state index contributed by atoms with van der Waals surface area (Å²) in [7, 11) is 0. The normalized spacial score (nSPS) is 10.6. The van der Waals surface area contributed by atoms with Gasteiger partial charge in [-0.05, 0) is 29.8 Å². The summed E-state index contributed by atoms with van der Waals surface area (Å²) in [6.45, 7) is 0. The fourth-order valence-electron chi connectivity index (χ4n) is 2.12. The van der Waals surface area contributed by atoms with E-state index in [-0.39, 0.29) is 5.75 Å². The zero-order chi connectivity index (χ0) is 13.2. The van der Waals surface area contributed by atoms with E-state index in [1.807, 2.05) is 48.5 Å². The van der Waals surface area contributed by atoms with E-state index in [1.54, 1.807) is 12.3 Å². The smallest absolute Gasteiger partial charge is 0.135 e. The van der Waals surface area contributed by atoms with E-state index in [9.17, 15) is 5.11 Å². The van der Waals surface area contributed by atoms with E-state index >= 15 is 0 Å². The molecule has 19 heavy (non-hydrogen) atoms. The number of halogens is 1. The van der Waals surface area contributed by atoms with Gasteiger partial charge in [0.2, 0.25) is 0 Å². The van der Waals surface area contributed by atoms with Crippen LogP contribution in [0.25, 0.3) is 22.5 Å². The zero-order valence-electron chi connectivity index (χ0n) is 10.0. The molecule has 0 atom stereocenters. The van der Waals surface area contributed by atoms with Gasteiger partial charge in [0.05, 0.1) is 6.26 Å². The Bertz CT molecular complexity index is 703. The first-order chi connectivity index (χ1) is 9.27. The number of phenolic OH excluding ortho intramolecular Hbond substituents is 1. The number of furan rings is 1. The highest BCUT2D eigenvalue weighted by Crippen LogP contribution is 2.40.